The van der Waals surface area contributed by atoms with Gasteiger partial charge in [0.05, 0.1) is 0 Å². The van der Waals surface area contributed by atoms with Crippen LogP contribution in [0.5, 0.6) is 0 Å². The maximum atomic E-state index is 5.06. The van der Waals surface area contributed by atoms with Gasteiger partial charge < -0.3 is 4.65 Å². The molecule has 0 saturated heterocycles. The lowest BCUT2D eigenvalue weighted by molar-refractivity contribution is 0.324. The zero-order valence-corrected chi connectivity index (χ0v) is 6.52. The fourth-order valence-corrected chi connectivity index (χ4v) is 0.730. The molecule has 53 valence electrons. The van der Waals surface area contributed by atoms with Crippen LogP contribution in [0, 0.1) is 0 Å². The van der Waals surface area contributed by atoms with Crippen LogP contribution in [0.1, 0.15) is 32.6 Å². The van der Waals surface area contributed by atoms with Crippen molar-refractivity contribution in [1.82, 2.24) is 0 Å². The van der Waals surface area contributed by atoms with Crippen molar-refractivity contribution >= 4 is 7.48 Å². The van der Waals surface area contributed by atoms with Gasteiger partial charge in [-0.25, -0.2) is 0 Å². The third-order valence-corrected chi connectivity index (χ3v) is 1.28. The van der Waals surface area contributed by atoms with E-state index in [1.807, 2.05) is 6.82 Å². The van der Waals surface area contributed by atoms with Gasteiger partial charge in [0, 0.05) is 6.61 Å². The second-order valence-electron chi connectivity index (χ2n) is 2.17. The van der Waals surface area contributed by atoms with Crippen LogP contribution >= 0.6 is 0 Å². The van der Waals surface area contributed by atoms with Gasteiger partial charge in [-0.2, -0.15) is 0 Å². The van der Waals surface area contributed by atoms with E-state index in [0.717, 1.165) is 6.61 Å². The average Bonchev–Trinajstić information content (AvgIpc) is 1.89. The number of hydrogen-bond donors (Lipinski definition) is 0. The Bertz CT molecular complexity index is 42.2. The summed E-state index contributed by atoms with van der Waals surface area (Å²) in [5, 5.41) is 0. The smallest absolute Gasteiger partial charge is 0.288 e. The Kier molecular flexibility index (Phi) is 8.05. The molecule has 0 bridgehead atoms. The lowest BCUT2D eigenvalue weighted by Crippen LogP contribution is -1.95. The Balaban J connectivity index is 2.60. The van der Waals surface area contributed by atoms with Crippen molar-refractivity contribution in [3.63, 3.8) is 0 Å². The van der Waals surface area contributed by atoms with E-state index in [0.29, 0.717) is 0 Å². The first kappa shape index (κ1) is 9.02. The maximum absolute atomic E-state index is 5.06. The first-order chi connectivity index (χ1) is 4.41. The zero-order valence-electron chi connectivity index (χ0n) is 6.52. The molecule has 2 heteroatoms. The Labute approximate surface area is 59.1 Å². The molecule has 1 radical (unpaired) electrons. The SMILES string of the molecule is C[B]OCCCCCC. The lowest BCUT2D eigenvalue weighted by Gasteiger charge is -1.98. The van der Waals surface area contributed by atoms with Gasteiger partial charge in [-0.05, 0) is 6.42 Å². The molecule has 0 rings (SSSR count). The normalized spacial score (nSPS) is 9.56. The zero-order chi connectivity index (χ0) is 6.95. The highest BCUT2D eigenvalue weighted by atomic mass is 16.4. The molecule has 0 aromatic rings. The van der Waals surface area contributed by atoms with Crippen molar-refractivity contribution in [2.75, 3.05) is 6.61 Å². The van der Waals surface area contributed by atoms with Gasteiger partial charge in [0.2, 0.25) is 0 Å². The molecule has 9 heavy (non-hydrogen) atoms. The van der Waals surface area contributed by atoms with Crippen molar-refractivity contribution in [3.8, 4) is 0 Å². The van der Waals surface area contributed by atoms with Crippen LogP contribution in [0.25, 0.3) is 0 Å². The Morgan fingerprint density at radius 2 is 2.00 bits per heavy atom. The van der Waals surface area contributed by atoms with Crippen LogP contribution in [0.15, 0.2) is 0 Å². The van der Waals surface area contributed by atoms with Gasteiger partial charge in [0.25, 0.3) is 7.48 Å². The molecule has 0 atom stereocenters. The van der Waals surface area contributed by atoms with Gasteiger partial charge in [-0.15, -0.1) is 0 Å². The maximum Gasteiger partial charge on any atom is 0.288 e. The minimum atomic E-state index is 0.899. The van der Waals surface area contributed by atoms with Crippen molar-refractivity contribution < 1.29 is 4.65 Å². The first-order valence-electron chi connectivity index (χ1n) is 3.81. The fraction of sp³-hybridized carbons (Fsp3) is 1.00. The van der Waals surface area contributed by atoms with E-state index in [1.165, 1.54) is 25.7 Å². The Hall–Kier alpha value is 0.0249. The van der Waals surface area contributed by atoms with E-state index in [9.17, 15) is 0 Å². The molecule has 0 aliphatic carbocycles. The van der Waals surface area contributed by atoms with E-state index in [1.54, 1.807) is 7.48 Å². The van der Waals surface area contributed by atoms with Crippen LogP contribution in [-0.4, -0.2) is 14.1 Å². The van der Waals surface area contributed by atoms with Crippen LogP contribution in [0.2, 0.25) is 6.82 Å². The Morgan fingerprint density at radius 3 is 2.56 bits per heavy atom. The first-order valence-corrected chi connectivity index (χ1v) is 3.81. The molecule has 0 unspecified atom stereocenters. The molecule has 0 heterocycles. The minimum Gasteiger partial charge on any atom is -0.441 e. The van der Waals surface area contributed by atoms with Crippen LogP contribution in [-0.2, 0) is 4.65 Å². The summed E-state index contributed by atoms with van der Waals surface area (Å²) in [6.07, 6.45) is 5.16. The summed E-state index contributed by atoms with van der Waals surface area (Å²) in [6, 6.07) is 0. The molecule has 0 amide bonds. The molecule has 0 saturated carbocycles. The highest BCUT2D eigenvalue weighted by Crippen LogP contribution is 1.97. The van der Waals surface area contributed by atoms with E-state index in [4.69, 9.17) is 4.65 Å². The summed E-state index contributed by atoms with van der Waals surface area (Å²) in [4.78, 5) is 0. The summed E-state index contributed by atoms with van der Waals surface area (Å²) in [6.45, 7) is 5.03. The van der Waals surface area contributed by atoms with Crippen LogP contribution in [0.3, 0.4) is 0 Å². The topological polar surface area (TPSA) is 9.23 Å². The molecule has 0 aromatic carbocycles. The van der Waals surface area contributed by atoms with E-state index >= 15 is 0 Å². The highest BCUT2D eigenvalue weighted by molar-refractivity contribution is 6.24. The predicted molar refractivity (Wildman–Crippen MR) is 41.7 cm³/mol. The molecule has 1 nitrogen and oxygen atoms in total. The molecule has 0 fully saturated rings. The van der Waals surface area contributed by atoms with Crippen LogP contribution < -0.4 is 0 Å². The summed E-state index contributed by atoms with van der Waals surface area (Å²) in [7, 11) is 1.76. The van der Waals surface area contributed by atoms with Crippen molar-refractivity contribution in [2.24, 2.45) is 0 Å². The van der Waals surface area contributed by atoms with Gasteiger partial charge in [-0.3, -0.25) is 0 Å². The number of rotatable bonds is 6. The van der Waals surface area contributed by atoms with Crippen molar-refractivity contribution in [2.45, 2.75) is 39.4 Å². The highest BCUT2D eigenvalue weighted by Gasteiger charge is 1.86. The number of unbranched alkanes of at least 4 members (excludes halogenated alkanes) is 3. The molecule has 0 aromatic heterocycles. The van der Waals surface area contributed by atoms with E-state index in [2.05, 4.69) is 6.92 Å². The van der Waals surface area contributed by atoms with Crippen molar-refractivity contribution in [3.05, 3.63) is 0 Å². The third kappa shape index (κ3) is 8.02. The van der Waals surface area contributed by atoms with Gasteiger partial charge in [0.15, 0.2) is 0 Å². The van der Waals surface area contributed by atoms with Crippen LogP contribution in [0.4, 0.5) is 0 Å². The van der Waals surface area contributed by atoms with E-state index < -0.39 is 0 Å². The van der Waals surface area contributed by atoms with Gasteiger partial charge in [0.1, 0.15) is 0 Å². The summed E-state index contributed by atoms with van der Waals surface area (Å²) < 4.78 is 5.06. The minimum absolute atomic E-state index is 0.899. The summed E-state index contributed by atoms with van der Waals surface area (Å²) in [5.74, 6) is 0. The lowest BCUT2D eigenvalue weighted by atomic mass is 10.1. The molecular formula is C7H16BO. The molecule has 0 spiro atoms. The third-order valence-electron chi connectivity index (χ3n) is 1.28. The average molecular weight is 127 g/mol. The molecule has 0 aliphatic heterocycles. The monoisotopic (exact) mass is 127 g/mol. The molecule has 0 aliphatic rings. The standard InChI is InChI=1S/C7H16BO/c1-3-4-5-6-7-9-8-2/h3-7H2,1-2H3. The van der Waals surface area contributed by atoms with Gasteiger partial charge in [-0.1, -0.05) is 33.0 Å². The quantitative estimate of drug-likeness (QED) is 0.392. The Morgan fingerprint density at radius 1 is 1.22 bits per heavy atom. The fourth-order valence-electron chi connectivity index (χ4n) is 0.730. The van der Waals surface area contributed by atoms with Crippen molar-refractivity contribution in [1.29, 1.82) is 0 Å². The molecule has 0 N–H and O–H groups in total. The number of hydrogen-bond acceptors (Lipinski definition) is 1. The van der Waals surface area contributed by atoms with E-state index in [-0.39, 0.29) is 0 Å². The summed E-state index contributed by atoms with van der Waals surface area (Å²) in [5.41, 5.74) is 0. The van der Waals surface area contributed by atoms with Gasteiger partial charge >= 0.3 is 0 Å². The second-order valence-corrected chi connectivity index (χ2v) is 2.17. The predicted octanol–water partition coefficient (Wildman–Crippen LogP) is 2.25. The largest absolute Gasteiger partial charge is 0.441 e. The second kappa shape index (κ2) is 8.02. The molecular weight excluding hydrogens is 111 g/mol. The summed E-state index contributed by atoms with van der Waals surface area (Å²) >= 11 is 0.